The maximum absolute atomic E-state index is 12.3. The van der Waals surface area contributed by atoms with E-state index in [2.05, 4.69) is 15.9 Å². The Morgan fingerprint density at radius 3 is 2.75 bits per heavy atom. The number of halogens is 2. The number of carbonyl (C=O) groups excluding carboxylic acids is 1. The molecule has 0 aromatic heterocycles. The molecule has 0 spiro atoms. The third kappa shape index (κ3) is 2.24. The lowest BCUT2D eigenvalue weighted by molar-refractivity contribution is -0.119. The Balaban J connectivity index is 2.01. The fourth-order valence-electron chi connectivity index (χ4n) is 2.39. The molecule has 1 amide bonds. The van der Waals surface area contributed by atoms with Crippen molar-refractivity contribution in [3.8, 4) is 0 Å². The number of fused-ring (bicyclic) bond motifs is 1. The molecule has 3 nitrogen and oxygen atoms in total. The van der Waals surface area contributed by atoms with E-state index in [0.717, 1.165) is 21.3 Å². The van der Waals surface area contributed by atoms with Crippen LogP contribution in [-0.2, 0) is 11.3 Å². The van der Waals surface area contributed by atoms with Crippen molar-refractivity contribution in [3.05, 3.63) is 63.1 Å². The van der Waals surface area contributed by atoms with Gasteiger partial charge in [-0.1, -0.05) is 51.8 Å². The van der Waals surface area contributed by atoms with Gasteiger partial charge in [0, 0.05) is 15.1 Å². The first-order chi connectivity index (χ1) is 9.58. The Bertz CT molecular complexity index is 689. The van der Waals surface area contributed by atoms with E-state index in [4.69, 9.17) is 17.3 Å². The topological polar surface area (TPSA) is 46.3 Å². The number of nitrogens with two attached hydrogens (primary N) is 1. The van der Waals surface area contributed by atoms with Crippen LogP contribution in [0, 0.1) is 0 Å². The van der Waals surface area contributed by atoms with E-state index in [-0.39, 0.29) is 5.91 Å². The van der Waals surface area contributed by atoms with Crippen molar-refractivity contribution in [2.75, 3.05) is 4.90 Å². The SMILES string of the molecule is NC1C(=O)N(Cc2ccccc2Cl)c2cc(Br)ccc21. The van der Waals surface area contributed by atoms with Gasteiger partial charge in [0.05, 0.1) is 12.2 Å². The molecule has 0 bridgehead atoms. The Morgan fingerprint density at radius 2 is 2.00 bits per heavy atom. The van der Waals surface area contributed by atoms with Crippen molar-refractivity contribution in [1.29, 1.82) is 0 Å². The number of rotatable bonds is 2. The normalized spacial score (nSPS) is 17.4. The highest BCUT2D eigenvalue weighted by Crippen LogP contribution is 2.37. The van der Waals surface area contributed by atoms with E-state index < -0.39 is 6.04 Å². The molecule has 1 unspecified atom stereocenters. The molecule has 0 aliphatic carbocycles. The first-order valence-electron chi connectivity index (χ1n) is 6.18. The summed E-state index contributed by atoms with van der Waals surface area (Å²) in [6.45, 7) is 0.426. The van der Waals surface area contributed by atoms with Crippen molar-refractivity contribution in [3.63, 3.8) is 0 Å². The van der Waals surface area contributed by atoms with Crippen LogP contribution in [0.2, 0.25) is 5.02 Å². The summed E-state index contributed by atoms with van der Waals surface area (Å²) in [5.74, 6) is -0.0991. The predicted octanol–water partition coefficient (Wildman–Crippen LogP) is 3.65. The number of nitrogens with zero attached hydrogens (tertiary/aromatic N) is 1. The van der Waals surface area contributed by atoms with Crippen molar-refractivity contribution in [1.82, 2.24) is 0 Å². The first-order valence-corrected chi connectivity index (χ1v) is 7.35. The molecule has 1 atom stereocenters. The summed E-state index contributed by atoms with van der Waals surface area (Å²) in [5.41, 5.74) is 8.58. The molecule has 0 radical (unpaired) electrons. The quantitative estimate of drug-likeness (QED) is 0.897. The van der Waals surface area contributed by atoms with Gasteiger partial charge in [-0.3, -0.25) is 4.79 Å². The van der Waals surface area contributed by atoms with E-state index in [1.807, 2.05) is 42.5 Å². The van der Waals surface area contributed by atoms with Gasteiger partial charge in [-0.15, -0.1) is 0 Å². The van der Waals surface area contributed by atoms with Crippen LogP contribution in [0.25, 0.3) is 0 Å². The number of hydrogen-bond donors (Lipinski definition) is 1. The van der Waals surface area contributed by atoms with Crippen LogP contribution in [0.5, 0.6) is 0 Å². The van der Waals surface area contributed by atoms with Crippen LogP contribution in [0.3, 0.4) is 0 Å². The smallest absolute Gasteiger partial charge is 0.248 e. The molecule has 2 N–H and O–H groups in total. The fourth-order valence-corrected chi connectivity index (χ4v) is 2.94. The molecule has 1 aliphatic heterocycles. The highest BCUT2D eigenvalue weighted by Gasteiger charge is 2.34. The Morgan fingerprint density at radius 1 is 1.25 bits per heavy atom. The van der Waals surface area contributed by atoms with Crippen LogP contribution in [0.4, 0.5) is 5.69 Å². The van der Waals surface area contributed by atoms with Crippen LogP contribution in [0.15, 0.2) is 46.9 Å². The summed E-state index contributed by atoms with van der Waals surface area (Å²) in [6, 6.07) is 12.6. The van der Waals surface area contributed by atoms with E-state index in [9.17, 15) is 4.79 Å². The molecule has 2 aromatic rings. The first kappa shape index (κ1) is 13.6. The summed E-state index contributed by atoms with van der Waals surface area (Å²) in [7, 11) is 0. The zero-order valence-corrected chi connectivity index (χ0v) is 12.9. The highest BCUT2D eigenvalue weighted by atomic mass is 79.9. The third-order valence-electron chi connectivity index (χ3n) is 3.44. The van der Waals surface area contributed by atoms with Crippen molar-refractivity contribution < 1.29 is 4.79 Å². The van der Waals surface area contributed by atoms with Crippen molar-refractivity contribution >= 4 is 39.1 Å². The molecule has 3 rings (SSSR count). The number of amides is 1. The Labute approximate surface area is 130 Å². The summed E-state index contributed by atoms with van der Waals surface area (Å²) in [6.07, 6.45) is 0. The maximum Gasteiger partial charge on any atom is 0.248 e. The lowest BCUT2D eigenvalue weighted by atomic mass is 10.1. The minimum atomic E-state index is -0.597. The van der Waals surface area contributed by atoms with Gasteiger partial charge in [0.25, 0.3) is 0 Å². The molecule has 5 heteroatoms. The van der Waals surface area contributed by atoms with E-state index in [1.54, 1.807) is 4.90 Å². The van der Waals surface area contributed by atoms with Crippen LogP contribution < -0.4 is 10.6 Å². The van der Waals surface area contributed by atoms with Crippen LogP contribution in [0.1, 0.15) is 17.2 Å². The molecule has 102 valence electrons. The second-order valence-corrected chi connectivity index (χ2v) is 6.02. The molecular formula is C15H12BrClN2O. The predicted molar refractivity (Wildman–Crippen MR) is 83.7 cm³/mol. The number of benzene rings is 2. The highest BCUT2D eigenvalue weighted by molar-refractivity contribution is 9.10. The Kier molecular flexibility index (Phi) is 3.54. The maximum atomic E-state index is 12.3. The average molecular weight is 352 g/mol. The fraction of sp³-hybridized carbons (Fsp3) is 0.133. The van der Waals surface area contributed by atoms with Gasteiger partial charge in [-0.25, -0.2) is 0 Å². The van der Waals surface area contributed by atoms with Gasteiger partial charge < -0.3 is 10.6 Å². The number of carbonyl (C=O) groups is 1. The van der Waals surface area contributed by atoms with Crippen LogP contribution >= 0.6 is 27.5 Å². The third-order valence-corrected chi connectivity index (χ3v) is 4.30. The molecule has 2 aromatic carbocycles. The van der Waals surface area contributed by atoms with Crippen molar-refractivity contribution in [2.45, 2.75) is 12.6 Å². The van der Waals surface area contributed by atoms with Gasteiger partial charge in [0.2, 0.25) is 5.91 Å². The van der Waals surface area contributed by atoms with Crippen molar-refractivity contribution in [2.24, 2.45) is 5.73 Å². The number of hydrogen-bond acceptors (Lipinski definition) is 2. The molecule has 1 heterocycles. The summed E-state index contributed by atoms with van der Waals surface area (Å²) in [5, 5.41) is 0.650. The molecule has 1 aliphatic rings. The summed E-state index contributed by atoms with van der Waals surface area (Å²) < 4.78 is 0.919. The second-order valence-electron chi connectivity index (χ2n) is 4.70. The average Bonchev–Trinajstić information content (AvgIpc) is 2.66. The molecular weight excluding hydrogens is 340 g/mol. The van der Waals surface area contributed by atoms with Gasteiger partial charge in [-0.2, -0.15) is 0 Å². The molecule has 0 saturated heterocycles. The van der Waals surface area contributed by atoms with Gasteiger partial charge >= 0.3 is 0 Å². The summed E-state index contributed by atoms with van der Waals surface area (Å²) >= 11 is 9.59. The lowest BCUT2D eigenvalue weighted by Crippen LogP contribution is -2.31. The largest absolute Gasteiger partial charge is 0.316 e. The standard InChI is InChI=1S/C15H12BrClN2O/c16-10-5-6-11-13(7-10)19(15(20)14(11)18)8-9-3-1-2-4-12(9)17/h1-7,14H,8,18H2. The minimum Gasteiger partial charge on any atom is -0.316 e. The zero-order valence-electron chi connectivity index (χ0n) is 10.5. The van der Waals surface area contributed by atoms with E-state index in [0.29, 0.717) is 11.6 Å². The van der Waals surface area contributed by atoms with Gasteiger partial charge in [0.15, 0.2) is 0 Å². The monoisotopic (exact) mass is 350 g/mol. The molecule has 0 saturated carbocycles. The molecule has 0 fully saturated rings. The van der Waals surface area contributed by atoms with Crippen LogP contribution in [-0.4, -0.2) is 5.91 Å². The molecule has 20 heavy (non-hydrogen) atoms. The second kappa shape index (κ2) is 5.20. The Hall–Kier alpha value is -1.36. The lowest BCUT2D eigenvalue weighted by Gasteiger charge is -2.18. The van der Waals surface area contributed by atoms with Gasteiger partial charge in [0.1, 0.15) is 6.04 Å². The zero-order chi connectivity index (χ0) is 14.3. The van der Waals surface area contributed by atoms with Gasteiger partial charge in [-0.05, 0) is 23.8 Å². The number of anilines is 1. The van der Waals surface area contributed by atoms with E-state index in [1.165, 1.54) is 0 Å². The minimum absolute atomic E-state index is 0.0991. The summed E-state index contributed by atoms with van der Waals surface area (Å²) in [4.78, 5) is 14.0. The van der Waals surface area contributed by atoms with E-state index >= 15 is 0 Å².